The van der Waals surface area contributed by atoms with Gasteiger partial charge in [-0.3, -0.25) is 15.0 Å². The molecule has 1 saturated heterocycles. The van der Waals surface area contributed by atoms with Gasteiger partial charge in [0.05, 0.1) is 5.69 Å². The number of aryl methyl sites for hydroxylation is 1. The quantitative estimate of drug-likeness (QED) is 0.520. The SMILES string of the molecule is Cc1ccc(N2NC(=O)C(=Cc3ccc(-c4cccc(Cl)c4C)o3)C2=O)cc1. The van der Waals surface area contributed by atoms with Crippen molar-refractivity contribution < 1.29 is 14.0 Å². The van der Waals surface area contributed by atoms with E-state index < -0.39 is 11.8 Å². The summed E-state index contributed by atoms with van der Waals surface area (Å²) in [5, 5.41) is 1.88. The standard InChI is InChI=1S/C22H17ClN2O3/c1-13-6-8-15(9-7-13)25-22(27)18(21(26)24-25)12-16-10-11-20(28-16)17-4-3-5-19(23)14(17)2/h3-12H,1-2H3,(H,24,26). The van der Waals surface area contributed by atoms with Gasteiger partial charge in [-0.15, -0.1) is 0 Å². The fraction of sp³-hybridized carbons (Fsp3) is 0.0909. The maximum Gasteiger partial charge on any atom is 0.282 e. The van der Waals surface area contributed by atoms with Gasteiger partial charge < -0.3 is 4.42 Å². The molecule has 0 spiro atoms. The largest absolute Gasteiger partial charge is 0.457 e. The van der Waals surface area contributed by atoms with E-state index in [2.05, 4.69) is 5.43 Å². The number of carbonyl (C=O) groups excluding carboxylic acids is 2. The van der Waals surface area contributed by atoms with Crippen LogP contribution in [0.4, 0.5) is 5.69 Å². The molecule has 1 aliphatic heterocycles. The van der Waals surface area contributed by atoms with Gasteiger partial charge in [0.1, 0.15) is 17.1 Å². The van der Waals surface area contributed by atoms with E-state index in [-0.39, 0.29) is 5.57 Å². The molecule has 1 aliphatic rings. The third-order valence-corrected chi connectivity index (χ3v) is 5.04. The van der Waals surface area contributed by atoms with Crippen molar-refractivity contribution in [3.63, 3.8) is 0 Å². The average molecular weight is 393 g/mol. The van der Waals surface area contributed by atoms with Crippen LogP contribution in [0.15, 0.2) is 64.6 Å². The van der Waals surface area contributed by atoms with E-state index >= 15 is 0 Å². The van der Waals surface area contributed by atoms with Crippen LogP contribution >= 0.6 is 11.6 Å². The molecule has 0 radical (unpaired) electrons. The van der Waals surface area contributed by atoms with Gasteiger partial charge in [-0.05, 0) is 55.8 Å². The Morgan fingerprint density at radius 2 is 1.75 bits per heavy atom. The van der Waals surface area contributed by atoms with Gasteiger partial charge in [0.15, 0.2) is 0 Å². The molecule has 5 nitrogen and oxygen atoms in total. The maximum atomic E-state index is 12.7. The van der Waals surface area contributed by atoms with E-state index in [4.69, 9.17) is 16.0 Å². The second kappa shape index (κ2) is 7.02. The summed E-state index contributed by atoms with van der Waals surface area (Å²) in [4.78, 5) is 25.0. The molecule has 0 bridgehead atoms. The van der Waals surface area contributed by atoms with E-state index in [1.54, 1.807) is 24.3 Å². The number of carbonyl (C=O) groups is 2. The van der Waals surface area contributed by atoms with Crippen LogP contribution in [0.25, 0.3) is 17.4 Å². The Balaban J connectivity index is 1.63. The molecule has 0 unspecified atom stereocenters. The summed E-state index contributed by atoms with van der Waals surface area (Å²) in [6.07, 6.45) is 1.45. The Morgan fingerprint density at radius 1 is 1.00 bits per heavy atom. The van der Waals surface area contributed by atoms with Gasteiger partial charge in [-0.2, -0.15) is 0 Å². The summed E-state index contributed by atoms with van der Waals surface area (Å²) in [6.45, 7) is 3.86. The third kappa shape index (κ3) is 3.21. The molecule has 3 aromatic rings. The molecular formula is C22H17ClN2O3. The van der Waals surface area contributed by atoms with Crippen LogP contribution in [0.2, 0.25) is 5.02 Å². The maximum absolute atomic E-state index is 12.7. The topological polar surface area (TPSA) is 62.6 Å². The van der Waals surface area contributed by atoms with Gasteiger partial charge in [0.25, 0.3) is 11.8 Å². The van der Waals surface area contributed by atoms with E-state index in [1.807, 2.05) is 44.2 Å². The molecule has 1 fully saturated rings. The average Bonchev–Trinajstić information content (AvgIpc) is 3.25. The molecule has 1 N–H and O–H groups in total. The second-order valence-corrected chi connectivity index (χ2v) is 7.00. The Hall–Kier alpha value is -3.31. The molecule has 140 valence electrons. The molecular weight excluding hydrogens is 376 g/mol. The Morgan fingerprint density at radius 3 is 2.50 bits per heavy atom. The second-order valence-electron chi connectivity index (χ2n) is 6.59. The van der Waals surface area contributed by atoms with Crippen LogP contribution in [0.3, 0.4) is 0 Å². The minimum Gasteiger partial charge on any atom is -0.457 e. The highest BCUT2D eigenvalue weighted by Gasteiger charge is 2.34. The zero-order valence-corrected chi connectivity index (χ0v) is 16.1. The van der Waals surface area contributed by atoms with E-state index in [9.17, 15) is 9.59 Å². The summed E-state index contributed by atoms with van der Waals surface area (Å²) >= 11 is 6.17. The summed E-state index contributed by atoms with van der Waals surface area (Å²) in [7, 11) is 0. The molecule has 0 aliphatic carbocycles. The van der Waals surface area contributed by atoms with Gasteiger partial charge in [0.2, 0.25) is 0 Å². The summed E-state index contributed by atoms with van der Waals surface area (Å²) in [5.41, 5.74) is 6.03. The van der Waals surface area contributed by atoms with Crippen molar-refractivity contribution in [2.75, 3.05) is 5.01 Å². The zero-order valence-electron chi connectivity index (χ0n) is 15.3. The van der Waals surface area contributed by atoms with Crippen molar-refractivity contribution in [3.05, 3.63) is 82.1 Å². The molecule has 28 heavy (non-hydrogen) atoms. The number of hydrogen-bond acceptors (Lipinski definition) is 3. The third-order valence-electron chi connectivity index (χ3n) is 4.63. The molecule has 2 amide bonds. The number of nitrogens with zero attached hydrogens (tertiary/aromatic N) is 1. The first kappa shape index (κ1) is 18.1. The lowest BCUT2D eigenvalue weighted by atomic mass is 10.1. The fourth-order valence-corrected chi connectivity index (χ4v) is 3.20. The zero-order chi connectivity index (χ0) is 19.8. The molecule has 6 heteroatoms. The van der Waals surface area contributed by atoms with Gasteiger partial charge >= 0.3 is 0 Å². The van der Waals surface area contributed by atoms with Crippen LogP contribution in [0.1, 0.15) is 16.9 Å². The lowest BCUT2D eigenvalue weighted by Crippen LogP contribution is -2.35. The Kier molecular flexibility index (Phi) is 4.53. The highest BCUT2D eigenvalue weighted by molar-refractivity contribution is 6.32. The number of amides is 2. The lowest BCUT2D eigenvalue weighted by molar-refractivity contribution is -0.117. The molecule has 2 heterocycles. The Labute approximate surface area is 167 Å². The summed E-state index contributed by atoms with van der Waals surface area (Å²) in [5.74, 6) is 0.139. The van der Waals surface area contributed by atoms with Crippen LogP contribution in [0, 0.1) is 13.8 Å². The smallest absolute Gasteiger partial charge is 0.282 e. The first-order valence-corrected chi connectivity index (χ1v) is 9.11. The number of hydrogen-bond donors (Lipinski definition) is 1. The summed E-state index contributed by atoms with van der Waals surface area (Å²) < 4.78 is 5.84. The number of nitrogens with one attached hydrogen (secondary N) is 1. The van der Waals surface area contributed by atoms with Crippen LogP contribution < -0.4 is 10.4 Å². The van der Waals surface area contributed by atoms with Gasteiger partial charge in [-0.25, -0.2) is 5.01 Å². The van der Waals surface area contributed by atoms with Gasteiger partial charge in [0, 0.05) is 10.6 Å². The predicted octanol–water partition coefficient (Wildman–Crippen LogP) is 4.68. The van der Waals surface area contributed by atoms with Crippen molar-refractivity contribution in [3.8, 4) is 11.3 Å². The minimum absolute atomic E-state index is 0.0179. The first-order chi connectivity index (χ1) is 13.4. The molecule has 2 aromatic carbocycles. The van der Waals surface area contributed by atoms with E-state index in [1.165, 1.54) is 11.1 Å². The normalized spacial score (nSPS) is 15.4. The van der Waals surface area contributed by atoms with Crippen LogP contribution in [0.5, 0.6) is 0 Å². The molecule has 4 rings (SSSR count). The van der Waals surface area contributed by atoms with Crippen LogP contribution in [-0.4, -0.2) is 11.8 Å². The monoisotopic (exact) mass is 392 g/mol. The number of hydrazine groups is 1. The predicted molar refractivity (Wildman–Crippen MR) is 109 cm³/mol. The lowest BCUT2D eigenvalue weighted by Gasteiger charge is -2.14. The molecule has 0 saturated carbocycles. The van der Waals surface area contributed by atoms with Crippen LogP contribution in [-0.2, 0) is 9.59 Å². The van der Waals surface area contributed by atoms with E-state index in [0.29, 0.717) is 22.2 Å². The highest BCUT2D eigenvalue weighted by atomic mass is 35.5. The number of benzene rings is 2. The van der Waals surface area contributed by atoms with Crippen molar-refractivity contribution in [2.24, 2.45) is 0 Å². The highest BCUT2D eigenvalue weighted by Crippen LogP contribution is 2.30. The van der Waals surface area contributed by atoms with Crippen molar-refractivity contribution >= 4 is 35.2 Å². The first-order valence-electron chi connectivity index (χ1n) is 8.73. The van der Waals surface area contributed by atoms with Crippen molar-refractivity contribution in [1.82, 2.24) is 5.43 Å². The fourth-order valence-electron chi connectivity index (χ4n) is 3.02. The molecule has 1 aromatic heterocycles. The number of halogens is 1. The van der Waals surface area contributed by atoms with Gasteiger partial charge in [-0.1, -0.05) is 41.4 Å². The minimum atomic E-state index is -0.470. The number of anilines is 1. The summed E-state index contributed by atoms with van der Waals surface area (Å²) in [6, 6.07) is 16.4. The Bertz CT molecular complexity index is 1110. The van der Waals surface area contributed by atoms with Crippen molar-refractivity contribution in [1.29, 1.82) is 0 Å². The number of furan rings is 1. The molecule has 0 atom stereocenters. The van der Waals surface area contributed by atoms with Crippen molar-refractivity contribution in [2.45, 2.75) is 13.8 Å². The number of rotatable bonds is 3. The van der Waals surface area contributed by atoms with E-state index in [0.717, 1.165) is 16.7 Å².